The molecule has 0 bridgehead atoms. The van der Waals surface area contributed by atoms with Crippen LogP contribution in [-0.4, -0.2) is 25.7 Å². The maximum Gasteiger partial charge on any atom is 0.131 e. The van der Waals surface area contributed by atoms with E-state index in [2.05, 4.69) is 46.8 Å². The molecule has 0 aliphatic heterocycles. The van der Waals surface area contributed by atoms with Crippen LogP contribution in [0.5, 0.6) is 11.5 Å². The van der Waals surface area contributed by atoms with Crippen LogP contribution in [-0.2, 0) is 13.0 Å². The number of hydrogen-bond donors (Lipinski definition) is 2. The van der Waals surface area contributed by atoms with Crippen molar-refractivity contribution in [1.29, 1.82) is 0 Å². The maximum absolute atomic E-state index is 5.44. The van der Waals surface area contributed by atoms with Gasteiger partial charge in [0.25, 0.3) is 0 Å². The van der Waals surface area contributed by atoms with E-state index in [1.807, 2.05) is 12.1 Å². The molecule has 4 heteroatoms. The Bertz CT molecular complexity index is 780. The van der Waals surface area contributed by atoms with Gasteiger partial charge in [-0.25, -0.2) is 0 Å². The number of benzene rings is 2. The summed E-state index contributed by atoms with van der Waals surface area (Å²) in [6.07, 6.45) is 3.16. The minimum absolute atomic E-state index is 0.824. The lowest BCUT2D eigenvalue weighted by atomic mass is 10.1. The number of fused-ring (bicyclic) bond motifs is 1. The first-order valence-corrected chi connectivity index (χ1v) is 7.89. The molecule has 0 amide bonds. The van der Waals surface area contributed by atoms with Gasteiger partial charge in [0.2, 0.25) is 0 Å². The summed E-state index contributed by atoms with van der Waals surface area (Å²) in [7, 11) is 3.37. The normalized spacial score (nSPS) is 10.9. The van der Waals surface area contributed by atoms with Gasteiger partial charge in [0.1, 0.15) is 18.0 Å². The molecule has 0 fully saturated rings. The largest absolute Gasteiger partial charge is 0.497 e. The molecule has 3 aromatic rings. The Morgan fingerprint density at radius 1 is 1.00 bits per heavy atom. The minimum Gasteiger partial charge on any atom is -0.497 e. The van der Waals surface area contributed by atoms with Gasteiger partial charge in [0.05, 0.1) is 20.8 Å². The van der Waals surface area contributed by atoms with Crippen LogP contribution in [0.3, 0.4) is 0 Å². The molecule has 23 heavy (non-hydrogen) atoms. The predicted octanol–water partition coefficient (Wildman–Crippen LogP) is 2.49. The molecule has 3 rings (SSSR count). The monoisotopic (exact) mass is 311 g/mol. The highest BCUT2D eigenvalue weighted by molar-refractivity contribution is 5.82. The SMILES string of the molecule is COc1ccc(C[NH2+]CCc2c[nH]c3ccccc23)c(OC)c1. The smallest absolute Gasteiger partial charge is 0.131 e. The molecule has 0 atom stereocenters. The van der Waals surface area contributed by atoms with Crippen LogP contribution < -0.4 is 14.8 Å². The van der Waals surface area contributed by atoms with Gasteiger partial charge >= 0.3 is 0 Å². The Morgan fingerprint density at radius 3 is 2.70 bits per heavy atom. The predicted molar refractivity (Wildman–Crippen MR) is 92.0 cm³/mol. The fourth-order valence-corrected chi connectivity index (χ4v) is 2.87. The summed E-state index contributed by atoms with van der Waals surface area (Å²) in [6, 6.07) is 14.4. The zero-order valence-corrected chi connectivity index (χ0v) is 13.6. The van der Waals surface area contributed by atoms with E-state index < -0.39 is 0 Å². The molecule has 0 aliphatic rings. The molecule has 0 radical (unpaired) electrons. The Balaban J connectivity index is 1.57. The zero-order valence-electron chi connectivity index (χ0n) is 13.6. The van der Waals surface area contributed by atoms with Crippen molar-refractivity contribution in [2.45, 2.75) is 13.0 Å². The molecular formula is C19H23N2O2+. The van der Waals surface area contributed by atoms with Gasteiger partial charge in [0.15, 0.2) is 0 Å². The Labute approximate surface area is 136 Å². The highest BCUT2D eigenvalue weighted by atomic mass is 16.5. The molecule has 0 unspecified atom stereocenters. The number of nitrogens with two attached hydrogens (primary N) is 1. The highest BCUT2D eigenvalue weighted by Crippen LogP contribution is 2.23. The number of hydrogen-bond acceptors (Lipinski definition) is 2. The third-order valence-corrected chi connectivity index (χ3v) is 4.15. The second kappa shape index (κ2) is 7.20. The molecule has 1 heterocycles. The van der Waals surface area contributed by atoms with Crippen molar-refractivity contribution in [3.63, 3.8) is 0 Å². The first kappa shape index (κ1) is 15.4. The lowest BCUT2D eigenvalue weighted by Crippen LogP contribution is -2.83. The van der Waals surface area contributed by atoms with E-state index in [4.69, 9.17) is 9.47 Å². The Hall–Kier alpha value is -2.46. The summed E-state index contributed by atoms with van der Waals surface area (Å²) >= 11 is 0. The summed E-state index contributed by atoms with van der Waals surface area (Å²) in [5.74, 6) is 1.71. The van der Waals surface area contributed by atoms with Crippen LogP contribution in [0, 0.1) is 0 Å². The van der Waals surface area contributed by atoms with E-state index in [1.54, 1.807) is 14.2 Å². The van der Waals surface area contributed by atoms with Crippen LogP contribution in [0.4, 0.5) is 0 Å². The van der Waals surface area contributed by atoms with Crippen LogP contribution in [0.25, 0.3) is 10.9 Å². The van der Waals surface area contributed by atoms with Gasteiger partial charge in [-0.1, -0.05) is 18.2 Å². The Morgan fingerprint density at radius 2 is 1.87 bits per heavy atom. The maximum atomic E-state index is 5.44. The quantitative estimate of drug-likeness (QED) is 0.659. The molecular weight excluding hydrogens is 288 g/mol. The van der Waals surface area contributed by atoms with E-state index in [1.165, 1.54) is 22.0 Å². The van der Waals surface area contributed by atoms with E-state index in [-0.39, 0.29) is 0 Å². The van der Waals surface area contributed by atoms with Crippen LogP contribution >= 0.6 is 0 Å². The molecule has 0 saturated carbocycles. The third-order valence-electron chi connectivity index (χ3n) is 4.15. The Kier molecular flexibility index (Phi) is 4.83. The molecule has 120 valence electrons. The van der Waals surface area contributed by atoms with Gasteiger partial charge < -0.3 is 19.8 Å². The molecule has 2 aromatic carbocycles. The molecule has 0 spiro atoms. The topological polar surface area (TPSA) is 50.9 Å². The summed E-state index contributed by atoms with van der Waals surface area (Å²) in [6.45, 7) is 1.94. The number of rotatable bonds is 7. The number of nitrogens with one attached hydrogen (secondary N) is 1. The first-order chi connectivity index (χ1) is 11.3. The van der Waals surface area contributed by atoms with Gasteiger partial charge in [-0.15, -0.1) is 0 Å². The van der Waals surface area contributed by atoms with Crippen LogP contribution in [0.15, 0.2) is 48.7 Å². The number of quaternary nitrogens is 1. The lowest BCUT2D eigenvalue weighted by molar-refractivity contribution is -0.670. The summed E-state index contributed by atoms with van der Waals surface area (Å²) < 4.78 is 10.7. The van der Waals surface area contributed by atoms with Crippen molar-refractivity contribution < 1.29 is 14.8 Å². The van der Waals surface area contributed by atoms with E-state index in [0.717, 1.165) is 31.0 Å². The average Bonchev–Trinajstić information content (AvgIpc) is 3.02. The summed E-state index contributed by atoms with van der Waals surface area (Å²) in [5.41, 5.74) is 3.77. The first-order valence-electron chi connectivity index (χ1n) is 7.89. The number of aromatic nitrogens is 1. The minimum atomic E-state index is 0.824. The summed E-state index contributed by atoms with van der Waals surface area (Å²) in [5, 5.41) is 3.63. The van der Waals surface area contributed by atoms with E-state index in [9.17, 15) is 0 Å². The second-order valence-corrected chi connectivity index (χ2v) is 5.57. The van der Waals surface area contributed by atoms with Crippen molar-refractivity contribution in [3.05, 3.63) is 59.8 Å². The lowest BCUT2D eigenvalue weighted by Gasteiger charge is -2.09. The zero-order chi connectivity index (χ0) is 16.1. The molecule has 4 nitrogen and oxygen atoms in total. The average molecular weight is 311 g/mol. The number of para-hydroxylation sites is 1. The van der Waals surface area contributed by atoms with Crippen molar-refractivity contribution in [1.82, 2.24) is 4.98 Å². The van der Waals surface area contributed by atoms with Crippen LogP contribution in [0.1, 0.15) is 11.1 Å². The second-order valence-electron chi connectivity index (χ2n) is 5.57. The number of ether oxygens (including phenoxy) is 2. The summed E-state index contributed by atoms with van der Waals surface area (Å²) in [4.78, 5) is 3.33. The third kappa shape index (κ3) is 3.48. The number of methoxy groups -OCH3 is 2. The highest BCUT2D eigenvalue weighted by Gasteiger charge is 2.08. The molecule has 3 N–H and O–H groups in total. The van der Waals surface area contributed by atoms with E-state index in [0.29, 0.717) is 0 Å². The van der Waals surface area contributed by atoms with Crippen LogP contribution in [0.2, 0.25) is 0 Å². The van der Waals surface area contributed by atoms with Crippen molar-refractivity contribution in [2.24, 2.45) is 0 Å². The fraction of sp³-hybridized carbons (Fsp3) is 0.263. The number of aromatic amines is 1. The fourth-order valence-electron chi connectivity index (χ4n) is 2.87. The van der Waals surface area contributed by atoms with Crippen molar-refractivity contribution >= 4 is 10.9 Å². The molecule has 0 saturated heterocycles. The number of H-pyrrole nitrogens is 1. The van der Waals surface area contributed by atoms with Gasteiger partial charge in [-0.3, -0.25) is 0 Å². The van der Waals surface area contributed by atoms with Crippen molar-refractivity contribution in [2.75, 3.05) is 20.8 Å². The van der Waals surface area contributed by atoms with Crippen molar-refractivity contribution in [3.8, 4) is 11.5 Å². The molecule has 0 aliphatic carbocycles. The van der Waals surface area contributed by atoms with Gasteiger partial charge in [0, 0.05) is 35.2 Å². The van der Waals surface area contributed by atoms with Gasteiger partial charge in [-0.05, 0) is 23.8 Å². The van der Waals surface area contributed by atoms with Gasteiger partial charge in [-0.2, -0.15) is 0 Å². The standard InChI is InChI=1S/C19H22N2O2/c1-22-16-8-7-15(19(11-16)23-2)12-20-10-9-14-13-21-18-6-4-3-5-17(14)18/h3-8,11,13,20-21H,9-10,12H2,1-2H3/p+1. The van der Waals surface area contributed by atoms with E-state index >= 15 is 0 Å². The molecule has 1 aromatic heterocycles.